The average molecular weight is 378 g/mol. The van der Waals surface area contributed by atoms with Crippen molar-refractivity contribution in [2.45, 2.75) is 0 Å². The van der Waals surface area contributed by atoms with E-state index in [1.54, 1.807) is 48.5 Å². The van der Waals surface area contributed by atoms with Crippen LogP contribution in [0.2, 0.25) is 5.02 Å². The minimum absolute atomic E-state index is 0.237. The molecule has 0 bridgehead atoms. The second-order valence-electron chi connectivity index (χ2n) is 5.81. The fourth-order valence-electron chi connectivity index (χ4n) is 2.50. The molecule has 0 fully saturated rings. The number of carbonyl (C=O) groups is 2. The molecular formula is C22H16ClNO3. The molecule has 0 saturated heterocycles. The molecule has 0 saturated carbocycles. The van der Waals surface area contributed by atoms with E-state index >= 15 is 0 Å². The summed E-state index contributed by atoms with van der Waals surface area (Å²) < 4.78 is 0. The predicted molar refractivity (Wildman–Crippen MR) is 108 cm³/mol. The summed E-state index contributed by atoms with van der Waals surface area (Å²) in [5.74, 6) is -1.20. The van der Waals surface area contributed by atoms with Crippen LogP contribution in [0, 0.1) is 0 Å². The van der Waals surface area contributed by atoms with Crippen molar-refractivity contribution in [3.05, 3.63) is 100 Å². The van der Waals surface area contributed by atoms with E-state index in [1.165, 1.54) is 0 Å². The summed E-state index contributed by atoms with van der Waals surface area (Å²) in [5, 5.41) is 12.3. The van der Waals surface area contributed by atoms with Gasteiger partial charge in [0.1, 0.15) is 0 Å². The van der Waals surface area contributed by atoms with E-state index in [1.807, 2.05) is 36.4 Å². The molecule has 3 aromatic carbocycles. The number of aromatic carboxylic acids is 1. The summed E-state index contributed by atoms with van der Waals surface area (Å²) in [7, 11) is 0. The number of amides is 1. The maximum Gasteiger partial charge on any atom is 0.335 e. The number of anilines is 1. The van der Waals surface area contributed by atoms with Gasteiger partial charge in [0.25, 0.3) is 5.91 Å². The number of para-hydroxylation sites is 1. The standard InChI is InChI=1S/C22H16ClNO3/c23-19-6-3-5-18(14-19)21(25)24-20-7-2-1-4-16(20)11-8-15-9-12-17(13-10-15)22(26)27/h1-14H,(H,24,25)(H,26,27). The van der Waals surface area contributed by atoms with Crippen LogP contribution in [-0.4, -0.2) is 17.0 Å². The largest absolute Gasteiger partial charge is 0.478 e. The van der Waals surface area contributed by atoms with E-state index < -0.39 is 5.97 Å². The number of rotatable bonds is 5. The maximum atomic E-state index is 12.4. The average Bonchev–Trinajstić information content (AvgIpc) is 2.67. The zero-order valence-electron chi connectivity index (χ0n) is 14.2. The quantitative estimate of drug-likeness (QED) is 0.580. The minimum Gasteiger partial charge on any atom is -0.478 e. The van der Waals surface area contributed by atoms with E-state index in [9.17, 15) is 9.59 Å². The van der Waals surface area contributed by atoms with Crippen molar-refractivity contribution in [2.75, 3.05) is 5.32 Å². The van der Waals surface area contributed by atoms with Gasteiger partial charge in [0, 0.05) is 16.3 Å². The van der Waals surface area contributed by atoms with Gasteiger partial charge in [-0.2, -0.15) is 0 Å². The summed E-state index contributed by atoms with van der Waals surface area (Å²) in [6, 6.07) is 20.7. The number of carboxylic acid groups (broad SMARTS) is 1. The first kappa shape index (κ1) is 18.4. The van der Waals surface area contributed by atoms with Gasteiger partial charge in [0.05, 0.1) is 5.56 Å². The van der Waals surface area contributed by atoms with Gasteiger partial charge < -0.3 is 10.4 Å². The van der Waals surface area contributed by atoms with Crippen molar-refractivity contribution in [3.8, 4) is 0 Å². The van der Waals surface area contributed by atoms with Crippen molar-refractivity contribution < 1.29 is 14.7 Å². The molecule has 2 N–H and O–H groups in total. The van der Waals surface area contributed by atoms with Crippen molar-refractivity contribution in [3.63, 3.8) is 0 Å². The molecule has 0 aliphatic rings. The van der Waals surface area contributed by atoms with Crippen molar-refractivity contribution in [1.82, 2.24) is 0 Å². The molecule has 3 aromatic rings. The zero-order chi connectivity index (χ0) is 19.2. The van der Waals surface area contributed by atoms with Crippen molar-refractivity contribution in [1.29, 1.82) is 0 Å². The van der Waals surface area contributed by atoms with E-state index in [0.717, 1.165) is 11.1 Å². The predicted octanol–water partition coefficient (Wildman–Crippen LogP) is 5.46. The Morgan fingerprint density at radius 1 is 0.852 bits per heavy atom. The van der Waals surface area contributed by atoms with Crippen LogP contribution in [0.15, 0.2) is 72.8 Å². The molecule has 0 heterocycles. The molecule has 0 atom stereocenters. The van der Waals surface area contributed by atoms with E-state index in [-0.39, 0.29) is 11.5 Å². The highest BCUT2D eigenvalue weighted by atomic mass is 35.5. The summed E-state index contributed by atoms with van der Waals surface area (Å²) in [4.78, 5) is 23.4. The highest BCUT2D eigenvalue weighted by Crippen LogP contribution is 2.20. The number of hydrogen-bond donors (Lipinski definition) is 2. The van der Waals surface area contributed by atoms with Crippen molar-refractivity contribution in [2.24, 2.45) is 0 Å². The Morgan fingerprint density at radius 2 is 1.59 bits per heavy atom. The van der Waals surface area contributed by atoms with Gasteiger partial charge in [-0.25, -0.2) is 4.79 Å². The first-order chi connectivity index (χ1) is 13.0. The van der Waals surface area contributed by atoms with Crippen LogP contribution in [0.1, 0.15) is 31.8 Å². The third-order valence-electron chi connectivity index (χ3n) is 3.91. The number of benzene rings is 3. The molecular weight excluding hydrogens is 362 g/mol. The zero-order valence-corrected chi connectivity index (χ0v) is 15.0. The Labute approximate surface area is 161 Å². The Hall–Kier alpha value is -3.37. The van der Waals surface area contributed by atoms with Crippen LogP contribution in [0.3, 0.4) is 0 Å². The normalized spacial score (nSPS) is 10.7. The summed E-state index contributed by atoms with van der Waals surface area (Å²) in [5.41, 5.74) is 3.07. The Kier molecular flexibility index (Phi) is 5.69. The maximum absolute atomic E-state index is 12.4. The number of nitrogens with one attached hydrogen (secondary N) is 1. The van der Waals surface area contributed by atoms with Crippen molar-refractivity contribution >= 4 is 41.3 Å². The lowest BCUT2D eigenvalue weighted by Gasteiger charge is -2.09. The van der Waals surface area contributed by atoms with Crippen LogP contribution >= 0.6 is 11.6 Å². The fraction of sp³-hybridized carbons (Fsp3) is 0. The van der Waals surface area contributed by atoms with Crippen LogP contribution in [-0.2, 0) is 0 Å². The Morgan fingerprint density at radius 3 is 2.30 bits per heavy atom. The first-order valence-corrected chi connectivity index (χ1v) is 8.58. The first-order valence-electron chi connectivity index (χ1n) is 8.20. The van der Waals surface area contributed by atoms with Crippen LogP contribution in [0.25, 0.3) is 12.2 Å². The number of hydrogen-bond acceptors (Lipinski definition) is 2. The molecule has 4 nitrogen and oxygen atoms in total. The van der Waals surface area contributed by atoms with Gasteiger partial charge in [-0.1, -0.05) is 60.2 Å². The van der Waals surface area contributed by atoms with Gasteiger partial charge in [-0.05, 0) is 47.5 Å². The molecule has 134 valence electrons. The molecule has 27 heavy (non-hydrogen) atoms. The molecule has 0 aliphatic heterocycles. The molecule has 1 amide bonds. The van der Waals surface area contributed by atoms with E-state index in [4.69, 9.17) is 16.7 Å². The Bertz CT molecular complexity index is 1010. The molecule has 5 heteroatoms. The van der Waals surface area contributed by atoms with Gasteiger partial charge in [-0.3, -0.25) is 4.79 Å². The highest BCUT2D eigenvalue weighted by Gasteiger charge is 2.08. The molecule has 0 unspecified atom stereocenters. The monoisotopic (exact) mass is 377 g/mol. The molecule has 3 rings (SSSR count). The second kappa shape index (κ2) is 8.34. The minimum atomic E-state index is -0.959. The van der Waals surface area contributed by atoms with Gasteiger partial charge in [0.15, 0.2) is 0 Å². The molecule has 0 aromatic heterocycles. The third kappa shape index (κ3) is 4.84. The van der Waals surface area contributed by atoms with E-state index in [2.05, 4.69) is 5.32 Å². The van der Waals surface area contributed by atoms with Crippen LogP contribution in [0.5, 0.6) is 0 Å². The lowest BCUT2D eigenvalue weighted by atomic mass is 10.1. The number of carbonyl (C=O) groups excluding carboxylic acids is 1. The highest BCUT2D eigenvalue weighted by molar-refractivity contribution is 6.31. The lowest BCUT2D eigenvalue weighted by molar-refractivity contribution is 0.0696. The fourth-order valence-corrected chi connectivity index (χ4v) is 2.69. The topological polar surface area (TPSA) is 66.4 Å². The van der Waals surface area contributed by atoms with Gasteiger partial charge in [-0.15, -0.1) is 0 Å². The Balaban J connectivity index is 1.79. The number of halogens is 1. The molecule has 0 aliphatic carbocycles. The smallest absolute Gasteiger partial charge is 0.335 e. The SMILES string of the molecule is O=C(O)c1ccc(C=Cc2ccccc2NC(=O)c2cccc(Cl)c2)cc1. The summed E-state index contributed by atoms with van der Waals surface area (Å²) in [6.45, 7) is 0. The van der Waals surface area contributed by atoms with E-state index in [0.29, 0.717) is 16.3 Å². The van der Waals surface area contributed by atoms with Crippen LogP contribution < -0.4 is 5.32 Å². The third-order valence-corrected chi connectivity index (χ3v) is 4.14. The molecule has 0 spiro atoms. The summed E-state index contributed by atoms with van der Waals surface area (Å²) >= 11 is 5.94. The van der Waals surface area contributed by atoms with Gasteiger partial charge >= 0.3 is 5.97 Å². The summed E-state index contributed by atoms with van der Waals surface area (Å²) in [6.07, 6.45) is 3.72. The molecule has 0 radical (unpaired) electrons. The second-order valence-corrected chi connectivity index (χ2v) is 6.25. The van der Waals surface area contributed by atoms with Crippen LogP contribution in [0.4, 0.5) is 5.69 Å². The number of carboxylic acids is 1. The van der Waals surface area contributed by atoms with Gasteiger partial charge in [0.2, 0.25) is 0 Å². The lowest BCUT2D eigenvalue weighted by Crippen LogP contribution is -2.12.